The highest BCUT2D eigenvalue weighted by molar-refractivity contribution is 5.93. The minimum Gasteiger partial charge on any atom is -0.338 e. The molecule has 25 heavy (non-hydrogen) atoms. The molecule has 0 bridgehead atoms. The maximum atomic E-state index is 5.87. The minimum absolute atomic E-state index is 0.0183. The van der Waals surface area contributed by atoms with Crippen LogP contribution < -0.4 is 11.1 Å². The summed E-state index contributed by atoms with van der Waals surface area (Å²) in [6, 6.07) is 12.6. The number of fused-ring (bicyclic) bond motifs is 1. The molecule has 1 aromatic heterocycles. The van der Waals surface area contributed by atoms with E-state index in [0.717, 1.165) is 31.2 Å². The van der Waals surface area contributed by atoms with Gasteiger partial charge in [-0.05, 0) is 41.6 Å². The Morgan fingerprint density at radius 3 is 2.76 bits per heavy atom. The molecule has 3 rings (SSSR count). The molecule has 0 aliphatic carbocycles. The molecule has 2 aromatic rings. The third-order valence-electron chi connectivity index (χ3n) is 4.56. The number of nitrogens with zero attached hydrogens (tertiary/aromatic N) is 3. The number of guanidine groups is 1. The summed E-state index contributed by atoms with van der Waals surface area (Å²) in [7, 11) is 0. The lowest BCUT2D eigenvalue weighted by Crippen LogP contribution is -2.41. The monoisotopic (exact) mass is 337 g/mol. The third-order valence-corrected chi connectivity index (χ3v) is 4.56. The van der Waals surface area contributed by atoms with Gasteiger partial charge in [0.1, 0.15) is 0 Å². The van der Waals surface area contributed by atoms with Crippen LogP contribution in [-0.4, -0.2) is 35.5 Å². The highest BCUT2D eigenvalue weighted by Crippen LogP contribution is 2.20. The van der Waals surface area contributed by atoms with Gasteiger partial charge >= 0.3 is 0 Å². The Hall–Kier alpha value is -2.40. The van der Waals surface area contributed by atoms with Gasteiger partial charge in [-0.1, -0.05) is 38.1 Å². The molecule has 3 N–H and O–H groups in total. The van der Waals surface area contributed by atoms with Gasteiger partial charge in [0.2, 0.25) is 0 Å². The van der Waals surface area contributed by atoms with Crippen LogP contribution in [0.5, 0.6) is 0 Å². The van der Waals surface area contributed by atoms with Crippen LogP contribution in [0.25, 0.3) is 0 Å². The fourth-order valence-electron chi connectivity index (χ4n) is 2.81. The number of nitrogens with two attached hydrogens (primary N) is 1. The first-order chi connectivity index (χ1) is 12.1. The van der Waals surface area contributed by atoms with Crippen LogP contribution >= 0.6 is 0 Å². The maximum Gasteiger partial charge on any atom is 0.198 e. The zero-order valence-electron chi connectivity index (χ0n) is 15.1. The number of hydrogen-bond donors (Lipinski definition) is 2. The Kier molecular flexibility index (Phi) is 5.34. The lowest BCUT2D eigenvalue weighted by atomic mass is 9.94. The molecule has 0 saturated heterocycles. The highest BCUT2D eigenvalue weighted by Gasteiger charge is 2.21. The number of aliphatic imine (C=N–C) groups is 1. The van der Waals surface area contributed by atoms with Crippen LogP contribution in [0.15, 0.2) is 53.8 Å². The summed E-state index contributed by atoms with van der Waals surface area (Å²) in [5, 5.41) is 3.45. The zero-order chi connectivity index (χ0) is 17.7. The van der Waals surface area contributed by atoms with Gasteiger partial charge in [0, 0.05) is 25.8 Å². The normalized spacial score (nSPS) is 15.0. The molecule has 1 aromatic carbocycles. The lowest BCUT2D eigenvalue weighted by molar-refractivity contribution is 0.371. The van der Waals surface area contributed by atoms with Crippen molar-refractivity contribution in [1.29, 1.82) is 0 Å². The van der Waals surface area contributed by atoms with Gasteiger partial charge in [-0.2, -0.15) is 0 Å². The van der Waals surface area contributed by atoms with E-state index in [2.05, 4.69) is 53.3 Å². The van der Waals surface area contributed by atoms with Crippen molar-refractivity contribution in [3.05, 3.63) is 59.9 Å². The van der Waals surface area contributed by atoms with Gasteiger partial charge in [-0.3, -0.25) is 9.98 Å². The number of hydrogen-bond acceptors (Lipinski definition) is 3. The minimum atomic E-state index is -0.0183. The van der Waals surface area contributed by atoms with E-state index in [4.69, 9.17) is 10.7 Å². The van der Waals surface area contributed by atoms with Crippen molar-refractivity contribution < 1.29 is 0 Å². The van der Waals surface area contributed by atoms with E-state index < -0.39 is 0 Å². The van der Waals surface area contributed by atoms with E-state index in [1.165, 1.54) is 11.1 Å². The largest absolute Gasteiger partial charge is 0.338 e. The van der Waals surface area contributed by atoms with E-state index in [1.54, 1.807) is 6.20 Å². The average molecular weight is 337 g/mol. The molecular weight excluding hydrogens is 310 g/mol. The molecule has 2 heterocycles. The molecule has 0 spiro atoms. The number of nitrogens with one attached hydrogen (secondary N) is 1. The molecular formula is C20H27N5. The molecule has 0 saturated carbocycles. The van der Waals surface area contributed by atoms with Crippen LogP contribution in [0.4, 0.5) is 5.69 Å². The standard InChI is InChI=1S/C20H27N5/c1-20(2,14-21)15-23-19(24-18-8-5-10-22-12-18)25-11-9-16-6-3-4-7-17(16)13-25/h3-8,10,12H,9,11,13-15,21H2,1-2H3,(H,23,24). The smallest absolute Gasteiger partial charge is 0.198 e. The molecule has 0 fully saturated rings. The Labute approximate surface area is 150 Å². The first-order valence-electron chi connectivity index (χ1n) is 8.81. The maximum absolute atomic E-state index is 5.87. The molecule has 0 amide bonds. The number of pyridine rings is 1. The second-order valence-electron chi connectivity index (χ2n) is 7.32. The summed E-state index contributed by atoms with van der Waals surface area (Å²) in [5.41, 5.74) is 9.61. The number of rotatable bonds is 4. The summed E-state index contributed by atoms with van der Waals surface area (Å²) in [6.07, 6.45) is 4.63. The van der Waals surface area contributed by atoms with Crippen molar-refractivity contribution in [3.63, 3.8) is 0 Å². The summed E-state index contributed by atoms with van der Waals surface area (Å²) in [6.45, 7) is 7.40. The van der Waals surface area contributed by atoms with Crippen LogP contribution in [0, 0.1) is 5.41 Å². The molecule has 0 atom stereocenters. The molecule has 5 nitrogen and oxygen atoms in total. The predicted molar refractivity (Wildman–Crippen MR) is 104 cm³/mol. The van der Waals surface area contributed by atoms with E-state index >= 15 is 0 Å². The van der Waals surface area contributed by atoms with Gasteiger partial charge in [0.05, 0.1) is 11.9 Å². The van der Waals surface area contributed by atoms with Crippen molar-refractivity contribution in [2.75, 3.05) is 25.0 Å². The topological polar surface area (TPSA) is 66.5 Å². The Morgan fingerprint density at radius 1 is 1.24 bits per heavy atom. The van der Waals surface area contributed by atoms with Crippen molar-refractivity contribution in [2.24, 2.45) is 16.1 Å². The number of aromatic nitrogens is 1. The molecule has 0 unspecified atom stereocenters. The van der Waals surface area contributed by atoms with Gasteiger partial charge in [-0.25, -0.2) is 0 Å². The number of anilines is 1. The van der Waals surface area contributed by atoms with E-state index in [1.807, 2.05) is 18.3 Å². The first-order valence-corrected chi connectivity index (χ1v) is 8.81. The molecule has 5 heteroatoms. The zero-order valence-corrected chi connectivity index (χ0v) is 15.1. The van der Waals surface area contributed by atoms with Gasteiger partial charge in [0.15, 0.2) is 5.96 Å². The molecule has 0 radical (unpaired) electrons. The molecule has 1 aliphatic rings. The quantitative estimate of drug-likeness (QED) is 0.665. The van der Waals surface area contributed by atoms with Crippen molar-refractivity contribution in [2.45, 2.75) is 26.8 Å². The van der Waals surface area contributed by atoms with E-state index in [-0.39, 0.29) is 5.41 Å². The van der Waals surface area contributed by atoms with Gasteiger partial charge < -0.3 is 16.0 Å². The summed E-state index contributed by atoms with van der Waals surface area (Å²) < 4.78 is 0. The Balaban J connectivity index is 1.82. The molecule has 132 valence electrons. The van der Waals surface area contributed by atoms with Crippen molar-refractivity contribution >= 4 is 11.6 Å². The van der Waals surface area contributed by atoms with Crippen LogP contribution in [-0.2, 0) is 13.0 Å². The highest BCUT2D eigenvalue weighted by atomic mass is 15.3. The van der Waals surface area contributed by atoms with Crippen LogP contribution in [0.2, 0.25) is 0 Å². The average Bonchev–Trinajstić information content (AvgIpc) is 2.65. The predicted octanol–water partition coefficient (Wildman–Crippen LogP) is 2.89. The summed E-state index contributed by atoms with van der Waals surface area (Å²) >= 11 is 0. The van der Waals surface area contributed by atoms with Gasteiger partial charge in [0.25, 0.3) is 0 Å². The van der Waals surface area contributed by atoms with Gasteiger partial charge in [-0.15, -0.1) is 0 Å². The Bertz CT molecular complexity index is 724. The fourth-order valence-corrected chi connectivity index (χ4v) is 2.81. The van der Waals surface area contributed by atoms with Crippen LogP contribution in [0.3, 0.4) is 0 Å². The van der Waals surface area contributed by atoms with Crippen molar-refractivity contribution in [1.82, 2.24) is 9.88 Å². The SMILES string of the molecule is CC(C)(CN)CN=C(Nc1cccnc1)N1CCc2ccccc2C1. The molecule has 1 aliphatic heterocycles. The third kappa shape index (κ3) is 4.57. The first kappa shape index (κ1) is 17.4. The van der Waals surface area contributed by atoms with Crippen LogP contribution in [0.1, 0.15) is 25.0 Å². The second kappa shape index (κ2) is 7.66. The number of benzene rings is 1. The Morgan fingerprint density at radius 2 is 2.04 bits per heavy atom. The van der Waals surface area contributed by atoms with Crippen molar-refractivity contribution in [3.8, 4) is 0 Å². The fraction of sp³-hybridized carbons (Fsp3) is 0.400. The summed E-state index contributed by atoms with van der Waals surface area (Å²) in [5.74, 6) is 0.893. The van der Waals surface area contributed by atoms with E-state index in [9.17, 15) is 0 Å². The summed E-state index contributed by atoms with van der Waals surface area (Å²) in [4.78, 5) is 11.4. The van der Waals surface area contributed by atoms with E-state index in [0.29, 0.717) is 13.1 Å². The lowest BCUT2D eigenvalue weighted by Gasteiger charge is -2.32. The second-order valence-corrected chi connectivity index (χ2v) is 7.32.